The molecule has 2 heterocycles. The number of pyridine rings is 1. The number of hydrogen-bond donors (Lipinski definition) is 1. The van der Waals surface area contributed by atoms with E-state index in [0.717, 1.165) is 35.1 Å². The molecule has 1 unspecified atom stereocenters. The number of ether oxygens (including phenoxy) is 1. The third-order valence-corrected chi connectivity index (χ3v) is 6.53. The maximum Gasteiger partial charge on any atom is 0.222 e. The lowest BCUT2D eigenvalue weighted by molar-refractivity contribution is -0.0319. The SMILES string of the molecule is COc1ncncc1C(O)(c1ccc(-c2ccc(C3(C#N)CC3)cc2C)cn1)C(C)(C)C. The van der Waals surface area contributed by atoms with Gasteiger partial charge in [-0.15, -0.1) is 0 Å². The van der Waals surface area contributed by atoms with Gasteiger partial charge in [-0.2, -0.15) is 5.26 Å². The van der Waals surface area contributed by atoms with E-state index in [1.165, 1.54) is 13.4 Å². The highest BCUT2D eigenvalue weighted by Gasteiger charge is 2.47. The minimum absolute atomic E-state index is 0.300. The van der Waals surface area contributed by atoms with E-state index in [-0.39, 0.29) is 5.41 Å². The fraction of sp³-hybridized carbons (Fsp3) is 0.385. The Kier molecular flexibility index (Phi) is 5.26. The van der Waals surface area contributed by atoms with Gasteiger partial charge in [-0.1, -0.05) is 45.0 Å². The second-order valence-corrected chi connectivity index (χ2v) is 9.56. The van der Waals surface area contributed by atoms with Crippen LogP contribution in [0, 0.1) is 23.7 Å². The lowest BCUT2D eigenvalue weighted by Crippen LogP contribution is -2.42. The van der Waals surface area contributed by atoms with E-state index in [4.69, 9.17) is 4.74 Å². The predicted molar refractivity (Wildman–Crippen MR) is 122 cm³/mol. The second-order valence-electron chi connectivity index (χ2n) is 9.56. The molecule has 0 bridgehead atoms. The average Bonchev–Trinajstić information content (AvgIpc) is 3.59. The van der Waals surface area contributed by atoms with Crippen molar-refractivity contribution in [3.8, 4) is 23.1 Å². The van der Waals surface area contributed by atoms with E-state index in [9.17, 15) is 10.4 Å². The molecule has 164 valence electrons. The number of aliphatic hydroxyl groups is 1. The second kappa shape index (κ2) is 7.68. The molecule has 0 saturated heterocycles. The Hall–Kier alpha value is -3.30. The van der Waals surface area contributed by atoms with Crippen LogP contribution in [0.3, 0.4) is 0 Å². The number of aryl methyl sites for hydroxylation is 1. The fourth-order valence-electron chi connectivity index (χ4n) is 4.30. The fourth-order valence-corrected chi connectivity index (χ4v) is 4.30. The zero-order valence-corrected chi connectivity index (χ0v) is 19.2. The van der Waals surface area contributed by atoms with Crippen molar-refractivity contribution in [3.63, 3.8) is 0 Å². The largest absolute Gasteiger partial charge is 0.481 e. The van der Waals surface area contributed by atoms with Crippen LogP contribution in [-0.4, -0.2) is 27.2 Å². The van der Waals surface area contributed by atoms with Crippen molar-refractivity contribution < 1.29 is 9.84 Å². The van der Waals surface area contributed by atoms with Crippen molar-refractivity contribution in [1.29, 1.82) is 5.26 Å². The minimum Gasteiger partial charge on any atom is -0.481 e. The zero-order valence-electron chi connectivity index (χ0n) is 19.2. The standard InChI is InChI=1S/C26H28N4O2/c1-17-12-19(25(15-27)10-11-25)7-8-20(17)18-6-9-22(29-13-18)26(31,24(2,3)4)21-14-28-16-30-23(21)32-5/h6-9,12-14,16,31H,10-11H2,1-5H3. The normalized spacial score (nSPS) is 16.7. The van der Waals surface area contributed by atoms with Crippen LogP contribution in [0.25, 0.3) is 11.1 Å². The zero-order chi connectivity index (χ0) is 23.1. The van der Waals surface area contributed by atoms with E-state index in [1.54, 1.807) is 12.4 Å². The predicted octanol–water partition coefficient (Wildman–Crippen LogP) is 4.69. The molecule has 1 aromatic carbocycles. The lowest BCUT2D eigenvalue weighted by atomic mass is 9.70. The quantitative estimate of drug-likeness (QED) is 0.634. The molecule has 6 heteroatoms. The van der Waals surface area contributed by atoms with E-state index >= 15 is 0 Å². The molecule has 1 aliphatic carbocycles. The first-order chi connectivity index (χ1) is 15.2. The summed E-state index contributed by atoms with van der Waals surface area (Å²) in [6.45, 7) is 7.89. The topological polar surface area (TPSA) is 91.9 Å². The van der Waals surface area contributed by atoms with Crippen molar-refractivity contribution in [2.24, 2.45) is 5.41 Å². The van der Waals surface area contributed by atoms with Crippen LogP contribution in [0.15, 0.2) is 49.1 Å². The average molecular weight is 429 g/mol. The van der Waals surface area contributed by atoms with Gasteiger partial charge < -0.3 is 9.84 Å². The van der Waals surface area contributed by atoms with Gasteiger partial charge in [0.05, 0.1) is 29.9 Å². The van der Waals surface area contributed by atoms with Crippen molar-refractivity contribution in [2.75, 3.05) is 7.11 Å². The number of methoxy groups -OCH3 is 1. The van der Waals surface area contributed by atoms with Gasteiger partial charge in [0.15, 0.2) is 0 Å². The third kappa shape index (κ3) is 3.43. The van der Waals surface area contributed by atoms with Gasteiger partial charge in [0.1, 0.15) is 11.9 Å². The number of nitrogens with zero attached hydrogens (tertiary/aromatic N) is 4. The molecule has 1 saturated carbocycles. The van der Waals surface area contributed by atoms with E-state index in [2.05, 4.69) is 40.1 Å². The van der Waals surface area contributed by atoms with Crippen molar-refractivity contribution in [1.82, 2.24) is 15.0 Å². The first-order valence-electron chi connectivity index (χ1n) is 10.7. The minimum atomic E-state index is -1.46. The van der Waals surface area contributed by atoms with Crippen LogP contribution in [-0.2, 0) is 11.0 Å². The Labute approximate surface area is 189 Å². The highest BCUT2D eigenvalue weighted by Crippen LogP contribution is 2.49. The Morgan fingerprint density at radius 2 is 1.84 bits per heavy atom. The summed E-state index contributed by atoms with van der Waals surface area (Å²) < 4.78 is 5.41. The maximum absolute atomic E-state index is 11.9. The number of nitriles is 1. The Morgan fingerprint density at radius 1 is 1.09 bits per heavy atom. The number of rotatable bonds is 5. The van der Waals surface area contributed by atoms with Crippen LogP contribution in [0.5, 0.6) is 5.88 Å². The van der Waals surface area contributed by atoms with Gasteiger partial charge in [0.25, 0.3) is 0 Å². The Balaban J connectivity index is 1.74. The summed E-state index contributed by atoms with van der Waals surface area (Å²) in [5.74, 6) is 0.321. The molecular weight excluding hydrogens is 400 g/mol. The van der Waals surface area contributed by atoms with Crippen molar-refractivity contribution in [3.05, 3.63) is 71.4 Å². The Morgan fingerprint density at radius 3 is 2.38 bits per heavy atom. The molecule has 4 rings (SSSR count). The first-order valence-corrected chi connectivity index (χ1v) is 10.7. The monoisotopic (exact) mass is 428 g/mol. The molecule has 0 spiro atoms. The van der Waals surface area contributed by atoms with Gasteiger partial charge in [-0.3, -0.25) is 4.98 Å². The van der Waals surface area contributed by atoms with E-state index < -0.39 is 11.0 Å². The molecule has 6 nitrogen and oxygen atoms in total. The van der Waals surface area contributed by atoms with Gasteiger partial charge >= 0.3 is 0 Å². The molecule has 0 amide bonds. The number of hydrogen-bond acceptors (Lipinski definition) is 6. The molecule has 1 fully saturated rings. The van der Waals surface area contributed by atoms with E-state index in [0.29, 0.717) is 17.1 Å². The maximum atomic E-state index is 11.9. The molecule has 0 aliphatic heterocycles. The molecule has 0 radical (unpaired) electrons. The van der Waals surface area contributed by atoms with Crippen molar-refractivity contribution in [2.45, 2.75) is 51.6 Å². The van der Waals surface area contributed by atoms with E-state index in [1.807, 2.05) is 39.0 Å². The molecule has 3 aromatic rings. The number of aromatic nitrogens is 3. The molecule has 1 N–H and O–H groups in total. The Bertz CT molecular complexity index is 1190. The van der Waals surface area contributed by atoms with Gasteiger partial charge in [0.2, 0.25) is 5.88 Å². The molecular formula is C26H28N4O2. The summed E-state index contributed by atoms with van der Waals surface area (Å²) in [6, 6.07) is 12.5. The summed E-state index contributed by atoms with van der Waals surface area (Å²) >= 11 is 0. The smallest absolute Gasteiger partial charge is 0.222 e. The summed E-state index contributed by atoms with van der Waals surface area (Å²) in [4.78, 5) is 13.0. The first kappa shape index (κ1) is 21.9. The van der Waals surface area contributed by atoms with Crippen LogP contribution in [0.4, 0.5) is 0 Å². The van der Waals surface area contributed by atoms with Crippen molar-refractivity contribution >= 4 is 0 Å². The van der Waals surface area contributed by atoms with Gasteiger partial charge in [-0.25, -0.2) is 9.97 Å². The van der Waals surface area contributed by atoms with Gasteiger partial charge in [-0.05, 0) is 42.5 Å². The molecule has 1 aliphatic rings. The van der Waals surface area contributed by atoms with Gasteiger partial charge in [0, 0.05) is 23.4 Å². The third-order valence-electron chi connectivity index (χ3n) is 6.53. The number of benzene rings is 1. The van der Waals surface area contributed by atoms with Crippen LogP contribution in [0.2, 0.25) is 0 Å². The molecule has 32 heavy (non-hydrogen) atoms. The van der Waals surface area contributed by atoms with Crippen LogP contribution < -0.4 is 4.74 Å². The lowest BCUT2D eigenvalue weighted by Gasteiger charge is -2.40. The molecule has 2 aromatic heterocycles. The molecule has 1 atom stereocenters. The summed E-state index contributed by atoms with van der Waals surface area (Å²) in [7, 11) is 1.52. The summed E-state index contributed by atoms with van der Waals surface area (Å²) in [6.07, 6.45) is 6.61. The van der Waals surface area contributed by atoms with Crippen LogP contribution >= 0.6 is 0 Å². The highest BCUT2D eigenvalue weighted by atomic mass is 16.5. The summed E-state index contributed by atoms with van der Waals surface area (Å²) in [5.41, 5.74) is 2.81. The van der Waals surface area contributed by atoms with Crippen LogP contribution in [0.1, 0.15) is 56.0 Å². The highest BCUT2D eigenvalue weighted by molar-refractivity contribution is 5.68. The summed E-state index contributed by atoms with van der Waals surface area (Å²) in [5, 5.41) is 21.4.